The second-order valence-corrected chi connectivity index (χ2v) is 10.4. The van der Waals surface area contributed by atoms with Gasteiger partial charge in [-0.3, -0.25) is 14.5 Å². The highest BCUT2D eigenvalue weighted by molar-refractivity contribution is 6.30. The van der Waals surface area contributed by atoms with Gasteiger partial charge in [-0.25, -0.2) is 0 Å². The molecule has 0 radical (unpaired) electrons. The Hall–Kier alpha value is -2.12. The third-order valence-electron chi connectivity index (χ3n) is 6.97. The highest BCUT2D eigenvalue weighted by Crippen LogP contribution is 2.28. The van der Waals surface area contributed by atoms with Crippen LogP contribution in [0.2, 0.25) is 0 Å². The van der Waals surface area contributed by atoms with Gasteiger partial charge in [-0.2, -0.15) is 0 Å². The van der Waals surface area contributed by atoms with E-state index in [1.807, 2.05) is 6.07 Å². The molecule has 2 amide bonds. The van der Waals surface area contributed by atoms with Crippen molar-refractivity contribution in [3.63, 3.8) is 0 Å². The molecule has 0 spiro atoms. The molecular formula is C34H52Cl2N2O4. The van der Waals surface area contributed by atoms with E-state index in [0.717, 1.165) is 74.1 Å². The molecule has 0 aliphatic heterocycles. The summed E-state index contributed by atoms with van der Waals surface area (Å²) in [5.74, 6) is -0.205. The van der Waals surface area contributed by atoms with Crippen LogP contribution in [0.25, 0.3) is 0 Å². The zero-order chi connectivity index (χ0) is 31.3. The summed E-state index contributed by atoms with van der Waals surface area (Å²) in [7, 11) is 0. The number of hydrogen-bond acceptors (Lipinski definition) is 4. The van der Waals surface area contributed by atoms with Crippen LogP contribution < -0.4 is 9.80 Å². The Bertz CT molecular complexity index is 936. The molecule has 0 N–H and O–H groups in total. The Balaban J connectivity index is 0.000000420. The monoisotopic (exact) mass is 622 g/mol. The number of nitrogens with zero attached hydrogens (tertiary/aromatic N) is 2. The fourth-order valence-corrected chi connectivity index (χ4v) is 4.98. The number of amides is 2. The molecule has 6 nitrogen and oxygen atoms in total. The molecule has 0 heterocycles. The number of halogens is 2. The number of ether oxygens (including phenoxy) is 2. The minimum atomic E-state index is -0.108. The summed E-state index contributed by atoms with van der Waals surface area (Å²) in [5, 5.41) is 0. The molecule has 0 fully saturated rings. The van der Waals surface area contributed by atoms with E-state index in [0.29, 0.717) is 19.8 Å². The van der Waals surface area contributed by atoms with Crippen LogP contribution in [0, 0.1) is 0 Å². The van der Waals surface area contributed by atoms with Gasteiger partial charge in [0.05, 0.1) is 18.0 Å². The first-order valence-electron chi connectivity index (χ1n) is 15.5. The summed E-state index contributed by atoms with van der Waals surface area (Å²) >= 11 is 11.6. The molecule has 2 rings (SSSR count). The minimum absolute atomic E-state index is 0.00498. The molecule has 0 saturated heterocycles. The van der Waals surface area contributed by atoms with Crippen molar-refractivity contribution in [2.24, 2.45) is 0 Å². The Labute approximate surface area is 264 Å². The van der Waals surface area contributed by atoms with Crippen molar-refractivity contribution in [3.8, 4) is 0 Å². The predicted molar refractivity (Wildman–Crippen MR) is 179 cm³/mol. The minimum Gasteiger partial charge on any atom is -0.380 e. The number of carbonyl (C=O) groups excluding carboxylic acids is 2. The third kappa shape index (κ3) is 11.9. The number of aryl methyl sites for hydroxylation is 4. The quantitative estimate of drug-likeness (QED) is 0.0961. The Morgan fingerprint density at radius 3 is 1.48 bits per heavy atom. The van der Waals surface area contributed by atoms with Gasteiger partial charge >= 0.3 is 0 Å². The number of unbranched alkanes of at least 4 members (excludes halogenated alkanes) is 1. The molecule has 0 aromatic heterocycles. The van der Waals surface area contributed by atoms with Crippen LogP contribution in [0.15, 0.2) is 36.4 Å². The first-order chi connectivity index (χ1) is 20.4. The largest absolute Gasteiger partial charge is 0.380 e. The SMILES string of the molecule is CCCCOCN(C(=O)CCl)c1c(CC)cccc1CC.CCCOCCN(C(=O)CCl)c1c(CC)cccc1CC. The van der Waals surface area contributed by atoms with E-state index >= 15 is 0 Å². The van der Waals surface area contributed by atoms with Crippen LogP contribution in [-0.2, 0) is 44.7 Å². The standard InChI is InChI=1S/2C17H26ClNO2/c1-4-11-21-12-10-19(16(20)13-18)17-14(5-2)8-7-9-15(17)6-3;1-4-7-11-21-13-19(16(20)12-18)17-14(5-2)9-8-10-15(17)6-3/h7-9H,4-6,10-13H2,1-3H3;8-10H,4-7,11-13H2,1-3H3. The number of para-hydroxylation sites is 2. The smallest absolute Gasteiger partial charge is 0.243 e. The maximum absolute atomic E-state index is 12.3. The molecule has 0 aliphatic rings. The van der Waals surface area contributed by atoms with Crippen LogP contribution in [0.3, 0.4) is 0 Å². The van der Waals surface area contributed by atoms with E-state index in [-0.39, 0.29) is 30.3 Å². The molecule has 2 aromatic rings. The molecule has 236 valence electrons. The van der Waals surface area contributed by atoms with Crippen LogP contribution in [-0.4, -0.2) is 56.7 Å². The molecule has 2 aromatic carbocycles. The highest BCUT2D eigenvalue weighted by Gasteiger charge is 2.21. The number of benzene rings is 2. The van der Waals surface area contributed by atoms with Gasteiger partial charge in [-0.15, -0.1) is 23.2 Å². The van der Waals surface area contributed by atoms with Crippen molar-refractivity contribution in [2.45, 2.75) is 86.5 Å². The van der Waals surface area contributed by atoms with Gasteiger partial charge in [0.25, 0.3) is 0 Å². The fraction of sp³-hybridized carbons (Fsp3) is 0.588. The van der Waals surface area contributed by atoms with Gasteiger partial charge in [0.1, 0.15) is 18.5 Å². The second kappa shape index (κ2) is 22.4. The average Bonchev–Trinajstić information content (AvgIpc) is 3.03. The lowest BCUT2D eigenvalue weighted by Gasteiger charge is -2.27. The van der Waals surface area contributed by atoms with E-state index in [1.165, 1.54) is 11.1 Å². The molecule has 0 unspecified atom stereocenters. The fourth-order valence-electron chi connectivity index (χ4n) is 4.69. The van der Waals surface area contributed by atoms with Gasteiger partial charge < -0.3 is 14.4 Å². The summed E-state index contributed by atoms with van der Waals surface area (Å²) in [5.41, 5.74) is 6.68. The van der Waals surface area contributed by atoms with Gasteiger partial charge in [0.2, 0.25) is 11.8 Å². The van der Waals surface area contributed by atoms with Gasteiger partial charge in [0, 0.05) is 19.8 Å². The number of rotatable bonds is 18. The maximum Gasteiger partial charge on any atom is 0.243 e. The lowest BCUT2D eigenvalue weighted by Crippen LogP contribution is -2.36. The topological polar surface area (TPSA) is 59.1 Å². The van der Waals surface area contributed by atoms with Crippen molar-refractivity contribution < 1.29 is 19.1 Å². The number of alkyl halides is 2. The second-order valence-electron chi connectivity index (χ2n) is 9.90. The molecule has 0 bridgehead atoms. The van der Waals surface area contributed by atoms with Crippen LogP contribution in [0.4, 0.5) is 11.4 Å². The lowest BCUT2D eigenvalue weighted by molar-refractivity contribution is -0.117. The normalized spacial score (nSPS) is 10.7. The maximum atomic E-state index is 12.3. The van der Waals surface area contributed by atoms with E-state index in [9.17, 15) is 9.59 Å². The van der Waals surface area contributed by atoms with Crippen molar-refractivity contribution in [2.75, 3.05) is 54.7 Å². The summed E-state index contributed by atoms with van der Waals surface area (Å²) in [4.78, 5) is 28.0. The van der Waals surface area contributed by atoms with Crippen LogP contribution in [0.5, 0.6) is 0 Å². The van der Waals surface area contributed by atoms with Crippen LogP contribution >= 0.6 is 23.2 Å². The summed E-state index contributed by atoms with van der Waals surface area (Å²) < 4.78 is 11.2. The van der Waals surface area contributed by atoms with Crippen molar-refractivity contribution in [3.05, 3.63) is 58.7 Å². The van der Waals surface area contributed by atoms with Gasteiger partial charge in [-0.1, -0.05) is 84.4 Å². The number of carbonyl (C=O) groups is 2. The van der Waals surface area contributed by atoms with E-state index in [4.69, 9.17) is 32.7 Å². The Morgan fingerprint density at radius 1 is 0.619 bits per heavy atom. The summed E-state index contributed by atoms with van der Waals surface area (Å²) in [6.07, 6.45) is 6.61. The highest BCUT2D eigenvalue weighted by atomic mass is 35.5. The third-order valence-corrected chi connectivity index (χ3v) is 7.43. The molecule has 0 aliphatic carbocycles. The number of hydrogen-bond donors (Lipinski definition) is 0. The van der Waals surface area contributed by atoms with E-state index in [2.05, 4.69) is 71.9 Å². The Kier molecular flexibility index (Phi) is 20.2. The zero-order valence-electron chi connectivity index (χ0n) is 26.6. The van der Waals surface area contributed by atoms with Gasteiger partial charge in [0.15, 0.2) is 0 Å². The summed E-state index contributed by atoms with van der Waals surface area (Å²) in [6, 6.07) is 12.4. The Morgan fingerprint density at radius 2 is 1.07 bits per heavy atom. The van der Waals surface area contributed by atoms with Crippen molar-refractivity contribution in [1.29, 1.82) is 0 Å². The van der Waals surface area contributed by atoms with E-state index < -0.39 is 0 Å². The van der Waals surface area contributed by atoms with Crippen LogP contribution in [0.1, 0.15) is 83.1 Å². The zero-order valence-corrected chi connectivity index (χ0v) is 28.2. The molecular weight excluding hydrogens is 571 g/mol. The first-order valence-corrected chi connectivity index (χ1v) is 16.5. The van der Waals surface area contributed by atoms with Gasteiger partial charge in [-0.05, 0) is 60.8 Å². The molecule has 0 saturated carbocycles. The summed E-state index contributed by atoms with van der Waals surface area (Å²) in [6.45, 7) is 15.3. The molecule has 42 heavy (non-hydrogen) atoms. The lowest BCUT2D eigenvalue weighted by atomic mass is 10.0. The van der Waals surface area contributed by atoms with Crippen molar-refractivity contribution in [1.82, 2.24) is 0 Å². The average molecular weight is 624 g/mol. The first kappa shape index (κ1) is 37.9. The van der Waals surface area contributed by atoms with E-state index in [1.54, 1.807) is 9.80 Å². The predicted octanol–water partition coefficient (Wildman–Crippen LogP) is 7.97. The molecule has 8 heteroatoms. The van der Waals surface area contributed by atoms with Crippen molar-refractivity contribution >= 4 is 46.4 Å². The number of anilines is 2. The molecule has 0 atom stereocenters.